The third kappa shape index (κ3) is 5.54. The lowest BCUT2D eigenvalue weighted by molar-refractivity contribution is -0.136. The third-order valence-corrected chi connectivity index (χ3v) is 3.09. The van der Waals surface area contributed by atoms with Gasteiger partial charge in [-0.15, -0.1) is 0 Å². The lowest BCUT2D eigenvalue weighted by Gasteiger charge is -2.06. The number of anilines is 2. The summed E-state index contributed by atoms with van der Waals surface area (Å²) in [5.41, 5.74) is 4.54. The number of benzene rings is 1. The molecule has 0 atom stereocenters. The highest BCUT2D eigenvalue weighted by atomic mass is 16.2. The van der Waals surface area contributed by atoms with Crippen LogP contribution in [0.5, 0.6) is 0 Å². The van der Waals surface area contributed by atoms with Crippen LogP contribution in [-0.4, -0.2) is 28.4 Å². The minimum absolute atomic E-state index is 0.196. The Morgan fingerprint density at radius 3 is 1.96 bits per heavy atom. The molecule has 0 spiro atoms. The van der Waals surface area contributed by atoms with Crippen molar-refractivity contribution in [2.24, 2.45) is 5.10 Å². The van der Waals surface area contributed by atoms with Crippen molar-refractivity contribution < 1.29 is 14.4 Å². The molecule has 3 N–H and O–H groups in total. The van der Waals surface area contributed by atoms with Crippen molar-refractivity contribution in [3.63, 3.8) is 0 Å². The van der Waals surface area contributed by atoms with Crippen molar-refractivity contribution >= 4 is 34.8 Å². The van der Waals surface area contributed by atoms with Gasteiger partial charge in [0.25, 0.3) is 0 Å². The molecule has 8 nitrogen and oxygen atoms in total. The van der Waals surface area contributed by atoms with E-state index in [1.54, 1.807) is 55.7 Å². The van der Waals surface area contributed by atoms with Gasteiger partial charge in [-0.2, -0.15) is 5.10 Å². The van der Waals surface area contributed by atoms with Gasteiger partial charge in [0.05, 0.1) is 5.71 Å². The largest absolute Gasteiger partial charge is 0.329 e. The fourth-order valence-corrected chi connectivity index (χ4v) is 1.87. The Labute approximate surface area is 144 Å². The number of carbonyl (C=O) groups is 3. The minimum Gasteiger partial charge on any atom is -0.326 e. The number of hydrazone groups is 1. The van der Waals surface area contributed by atoms with Gasteiger partial charge in [-0.1, -0.05) is 0 Å². The molecule has 2 aromatic rings. The topological polar surface area (TPSA) is 113 Å². The molecule has 0 aliphatic heterocycles. The fourth-order valence-electron chi connectivity index (χ4n) is 1.87. The summed E-state index contributed by atoms with van der Waals surface area (Å²) < 4.78 is 0. The monoisotopic (exact) mass is 339 g/mol. The molecule has 25 heavy (non-hydrogen) atoms. The molecule has 0 aliphatic rings. The fraction of sp³-hybridized carbons (Fsp3) is 0.118. The van der Waals surface area contributed by atoms with E-state index in [1.165, 1.54) is 6.92 Å². The molecule has 1 aromatic carbocycles. The molecule has 0 unspecified atom stereocenters. The number of rotatable bonds is 4. The Morgan fingerprint density at radius 1 is 0.840 bits per heavy atom. The molecule has 0 radical (unpaired) electrons. The molecular weight excluding hydrogens is 322 g/mol. The van der Waals surface area contributed by atoms with E-state index >= 15 is 0 Å². The van der Waals surface area contributed by atoms with Gasteiger partial charge in [0.2, 0.25) is 5.91 Å². The van der Waals surface area contributed by atoms with Gasteiger partial charge >= 0.3 is 11.8 Å². The van der Waals surface area contributed by atoms with E-state index in [0.717, 1.165) is 5.56 Å². The Kier molecular flexibility index (Phi) is 5.94. The van der Waals surface area contributed by atoms with E-state index in [1.807, 2.05) is 0 Å². The van der Waals surface area contributed by atoms with Crippen molar-refractivity contribution in [3.05, 3.63) is 54.4 Å². The maximum atomic E-state index is 11.9. The second-order valence-electron chi connectivity index (χ2n) is 5.09. The summed E-state index contributed by atoms with van der Waals surface area (Å²) in [6.07, 6.45) is 3.21. The SMILES string of the molecule is CC(=O)Nc1ccc(NC(=O)C(=O)N/N=C(\C)c2ccncc2)cc1. The number of amides is 3. The van der Waals surface area contributed by atoms with Gasteiger partial charge in [-0.05, 0) is 43.3 Å². The highest BCUT2D eigenvalue weighted by molar-refractivity contribution is 6.39. The van der Waals surface area contributed by atoms with E-state index in [9.17, 15) is 14.4 Å². The van der Waals surface area contributed by atoms with Crippen molar-refractivity contribution in [1.82, 2.24) is 10.4 Å². The van der Waals surface area contributed by atoms with Crippen molar-refractivity contribution in [1.29, 1.82) is 0 Å². The summed E-state index contributed by atoms with van der Waals surface area (Å²) in [4.78, 5) is 38.5. The minimum atomic E-state index is -0.889. The molecule has 2 rings (SSSR count). The van der Waals surface area contributed by atoms with Gasteiger partial charge < -0.3 is 10.6 Å². The van der Waals surface area contributed by atoms with E-state index in [0.29, 0.717) is 17.1 Å². The van der Waals surface area contributed by atoms with Crippen LogP contribution in [0.3, 0.4) is 0 Å². The predicted molar refractivity (Wildman–Crippen MR) is 94.0 cm³/mol. The molecule has 1 heterocycles. The van der Waals surface area contributed by atoms with Crippen LogP contribution in [0.2, 0.25) is 0 Å². The summed E-state index contributed by atoms with van der Waals surface area (Å²) in [6.45, 7) is 3.10. The third-order valence-electron chi connectivity index (χ3n) is 3.09. The van der Waals surface area contributed by atoms with E-state index in [2.05, 4.69) is 26.1 Å². The summed E-state index contributed by atoms with van der Waals surface area (Å²) in [5, 5.41) is 8.93. The second-order valence-corrected chi connectivity index (χ2v) is 5.09. The zero-order valence-corrected chi connectivity index (χ0v) is 13.7. The Morgan fingerprint density at radius 2 is 1.40 bits per heavy atom. The number of hydrogen-bond donors (Lipinski definition) is 3. The smallest absolute Gasteiger partial charge is 0.326 e. The number of carbonyl (C=O) groups excluding carboxylic acids is 3. The van der Waals surface area contributed by atoms with Crippen LogP contribution >= 0.6 is 0 Å². The van der Waals surface area contributed by atoms with Crippen LogP contribution < -0.4 is 16.1 Å². The first-order chi connectivity index (χ1) is 12.0. The quantitative estimate of drug-likeness (QED) is 0.445. The molecule has 128 valence electrons. The van der Waals surface area contributed by atoms with Gasteiger partial charge in [0, 0.05) is 36.3 Å². The van der Waals surface area contributed by atoms with Gasteiger partial charge in [-0.3, -0.25) is 19.4 Å². The first-order valence-corrected chi connectivity index (χ1v) is 7.39. The number of nitrogens with one attached hydrogen (secondary N) is 3. The molecule has 1 aromatic heterocycles. The van der Waals surface area contributed by atoms with Crippen molar-refractivity contribution in [2.75, 3.05) is 10.6 Å². The van der Waals surface area contributed by atoms with Crippen LogP contribution in [0.15, 0.2) is 53.9 Å². The molecule has 8 heteroatoms. The molecular formula is C17H17N5O3. The summed E-state index contributed by atoms with van der Waals surface area (Å²) in [5.74, 6) is -1.93. The molecule has 3 amide bonds. The number of aromatic nitrogens is 1. The zero-order valence-electron chi connectivity index (χ0n) is 13.7. The van der Waals surface area contributed by atoms with E-state index < -0.39 is 11.8 Å². The van der Waals surface area contributed by atoms with Crippen LogP contribution in [0, 0.1) is 0 Å². The highest BCUT2D eigenvalue weighted by Crippen LogP contribution is 2.13. The molecule has 0 bridgehead atoms. The van der Waals surface area contributed by atoms with Gasteiger partial charge in [0.15, 0.2) is 0 Å². The number of nitrogens with zero attached hydrogens (tertiary/aromatic N) is 2. The maximum absolute atomic E-state index is 11.9. The van der Waals surface area contributed by atoms with Crippen molar-refractivity contribution in [3.8, 4) is 0 Å². The average molecular weight is 339 g/mol. The van der Waals surface area contributed by atoms with Crippen LogP contribution in [0.1, 0.15) is 19.4 Å². The summed E-state index contributed by atoms with van der Waals surface area (Å²) in [7, 11) is 0. The molecule has 0 saturated heterocycles. The standard InChI is InChI=1S/C17H17N5O3/c1-11(13-7-9-18-10-8-13)21-22-17(25)16(24)20-15-5-3-14(4-6-15)19-12(2)23/h3-10H,1-2H3,(H,19,23)(H,20,24)(H,22,25)/b21-11+. The number of hydrogen-bond acceptors (Lipinski definition) is 5. The van der Waals surface area contributed by atoms with Crippen LogP contribution in [-0.2, 0) is 14.4 Å². The van der Waals surface area contributed by atoms with Crippen molar-refractivity contribution in [2.45, 2.75) is 13.8 Å². The highest BCUT2D eigenvalue weighted by Gasteiger charge is 2.13. The average Bonchev–Trinajstić information content (AvgIpc) is 2.61. The van der Waals surface area contributed by atoms with Gasteiger partial charge in [0.1, 0.15) is 0 Å². The predicted octanol–water partition coefficient (Wildman–Crippen LogP) is 1.52. The normalized spacial score (nSPS) is 10.7. The van der Waals surface area contributed by atoms with Crippen LogP contribution in [0.4, 0.5) is 11.4 Å². The second kappa shape index (κ2) is 8.34. The Balaban J connectivity index is 1.92. The number of pyridine rings is 1. The Bertz CT molecular complexity index is 801. The zero-order chi connectivity index (χ0) is 18.2. The van der Waals surface area contributed by atoms with E-state index in [4.69, 9.17) is 0 Å². The summed E-state index contributed by atoms with van der Waals surface area (Å²) >= 11 is 0. The Hall–Kier alpha value is -3.55. The molecule has 0 saturated carbocycles. The lowest BCUT2D eigenvalue weighted by atomic mass is 10.2. The summed E-state index contributed by atoms with van der Waals surface area (Å²) in [6, 6.07) is 9.84. The first-order valence-electron chi connectivity index (χ1n) is 7.39. The first kappa shape index (κ1) is 17.8. The molecule has 0 fully saturated rings. The van der Waals surface area contributed by atoms with Gasteiger partial charge in [-0.25, -0.2) is 5.43 Å². The van der Waals surface area contributed by atoms with Crippen LogP contribution in [0.25, 0.3) is 0 Å². The van der Waals surface area contributed by atoms with E-state index in [-0.39, 0.29) is 5.91 Å². The lowest BCUT2D eigenvalue weighted by Crippen LogP contribution is -2.32. The maximum Gasteiger partial charge on any atom is 0.329 e. The molecule has 0 aliphatic carbocycles.